The molecule has 0 bridgehead atoms. The number of carbonyl (C=O) groups excluding carboxylic acids is 1. The molecule has 0 N–H and O–H groups in total. The summed E-state index contributed by atoms with van der Waals surface area (Å²) in [4.78, 5) is 17.0. The number of hydrogen-bond donors (Lipinski definition) is 0. The number of Topliss-reactive ketones (excluding diaryl/α,β-unsaturated/α-hetero) is 1. The van der Waals surface area contributed by atoms with Crippen LogP contribution in [-0.2, 0) is 6.42 Å². The molecule has 0 spiro atoms. The first kappa shape index (κ1) is 11.0. The standard InChI is InChI=1S/C10H8BrNOS2/c1-6-12-8(5-14-6)9(13)4-7-2-3-10(11)15-7/h2-3,5H,4H2,1H3. The number of thiazole rings is 1. The van der Waals surface area contributed by atoms with Gasteiger partial charge in [-0.25, -0.2) is 4.98 Å². The van der Waals surface area contributed by atoms with Crippen molar-refractivity contribution in [1.29, 1.82) is 0 Å². The van der Waals surface area contributed by atoms with Crippen molar-refractivity contribution in [2.24, 2.45) is 0 Å². The van der Waals surface area contributed by atoms with Gasteiger partial charge >= 0.3 is 0 Å². The number of aromatic nitrogens is 1. The summed E-state index contributed by atoms with van der Waals surface area (Å²) in [5.74, 6) is 0.0914. The molecule has 5 heteroatoms. The van der Waals surface area contributed by atoms with Gasteiger partial charge in [-0.3, -0.25) is 4.79 Å². The van der Waals surface area contributed by atoms with E-state index in [0.29, 0.717) is 12.1 Å². The summed E-state index contributed by atoms with van der Waals surface area (Å²) in [6.07, 6.45) is 0.444. The largest absolute Gasteiger partial charge is 0.292 e. The zero-order valence-electron chi connectivity index (χ0n) is 7.99. The Morgan fingerprint density at radius 3 is 2.87 bits per heavy atom. The van der Waals surface area contributed by atoms with E-state index in [9.17, 15) is 4.79 Å². The van der Waals surface area contributed by atoms with Crippen LogP contribution in [0.3, 0.4) is 0 Å². The number of thiophene rings is 1. The van der Waals surface area contributed by atoms with E-state index in [0.717, 1.165) is 13.7 Å². The molecule has 0 aliphatic carbocycles. The van der Waals surface area contributed by atoms with E-state index >= 15 is 0 Å². The molecular formula is C10H8BrNOS2. The van der Waals surface area contributed by atoms with Crippen LogP contribution in [0.2, 0.25) is 0 Å². The van der Waals surface area contributed by atoms with Crippen molar-refractivity contribution in [2.45, 2.75) is 13.3 Å². The zero-order chi connectivity index (χ0) is 10.8. The molecule has 0 aliphatic heterocycles. The smallest absolute Gasteiger partial charge is 0.187 e. The third-order valence-corrected chi connectivity index (χ3v) is 4.27. The Kier molecular flexibility index (Phi) is 3.33. The van der Waals surface area contributed by atoms with Crippen molar-refractivity contribution >= 4 is 44.4 Å². The van der Waals surface area contributed by atoms with Gasteiger partial charge in [0.1, 0.15) is 5.69 Å². The fraction of sp³-hybridized carbons (Fsp3) is 0.200. The number of aryl methyl sites for hydroxylation is 1. The van der Waals surface area contributed by atoms with E-state index in [1.165, 1.54) is 11.3 Å². The Bertz CT molecular complexity index is 489. The van der Waals surface area contributed by atoms with E-state index < -0.39 is 0 Å². The molecule has 15 heavy (non-hydrogen) atoms. The molecule has 0 aliphatic rings. The minimum atomic E-state index is 0.0914. The molecule has 78 valence electrons. The zero-order valence-corrected chi connectivity index (χ0v) is 11.2. The minimum absolute atomic E-state index is 0.0914. The molecule has 2 rings (SSSR count). The number of rotatable bonds is 3. The molecule has 2 aromatic heterocycles. The first-order valence-electron chi connectivity index (χ1n) is 4.34. The van der Waals surface area contributed by atoms with E-state index in [1.54, 1.807) is 11.3 Å². The van der Waals surface area contributed by atoms with Crippen LogP contribution in [0.15, 0.2) is 21.3 Å². The molecule has 0 amide bonds. The number of carbonyl (C=O) groups is 1. The van der Waals surface area contributed by atoms with E-state index in [-0.39, 0.29) is 5.78 Å². The maximum Gasteiger partial charge on any atom is 0.187 e. The summed E-state index contributed by atoms with van der Waals surface area (Å²) in [5.41, 5.74) is 0.585. The molecule has 0 saturated carbocycles. The molecule has 2 aromatic rings. The highest BCUT2D eigenvalue weighted by atomic mass is 79.9. The third kappa shape index (κ3) is 2.74. The Morgan fingerprint density at radius 1 is 1.53 bits per heavy atom. The van der Waals surface area contributed by atoms with Gasteiger partial charge in [0.2, 0.25) is 0 Å². The van der Waals surface area contributed by atoms with Crippen molar-refractivity contribution in [2.75, 3.05) is 0 Å². The SMILES string of the molecule is Cc1nc(C(=O)Cc2ccc(Br)s2)cs1. The van der Waals surface area contributed by atoms with Crippen molar-refractivity contribution in [1.82, 2.24) is 4.98 Å². The molecule has 0 saturated heterocycles. The van der Waals surface area contributed by atoms with Crippen LogP contribution in [0.25, 0.3) is 0 Å². The summed E-state index contributed by atoms with van der Waals surface area (Å²) in [6.45, 7) is 1.91. The molecule has 0 atom stereocenters. The van der Waals surface area contributed by atoms with Gasteiger partial charge in [0.25, 0.3) is 0 Å². The van der Waals surface area contributed by atoms with Gasteiger partial charge < -0.3 is 0 Å². The average Bonchev–Trinajstić information content (AvgIpc) is 2.75. The second-order valence-corrected chi connectivity index (χ2v) is 6.67. The van der Waals surface area contributed by atoms with Gasteiger partial charge in [-0.2, -0.15) is 0 Å². The van der Waals surface area contributed by atoms with Crippen molar-refractivity contribution in [3.63, 3.8) is 0 Å². The second-order valence-electron chi connectivity index (χ2n) is 3.06. The molecule has 0 radical (unpaired) electrons. The lowest BCUT2D eigenvalue weighted by Crippen LogP contribution is -2.02. The van der Waals surface area contributed by atoms with Crippen molar-refractivity contribution in [3.05, 3.63) is 36.9 Å². The fourth-order valence-corrected chi connectivity index (χ4v) is 3.29. The van der Waals surface area contributed by atoms with E-state index in [4.69, 9.17) is 0 Å². The fourth-order valence-electron chi connectivity index (χ4n) is 1.19. The molecular weight excluding hydrogens is 294 g/mol. The van der Waals surface area contributed by atoms with Gasteiger partial charge in [-0.05, 0) is 35.0 Å². The Morgan fingerprint density at radius 2 is 2.33 bits per heavy atom. The normalized spacial score (nSPS) is 10.5. The summed E-state index contributed by atoms with van der Waals surface area (Å²) in [5, 5.41) is 2.76. The van der Waals surface area contributed by atoms with Gasteiger partial charge in [0.05, 0.1) is 8.79 Å². The Hall–Kier alpha value is -0.520. The van der Waals surface area contributed by atoms with Gasteiger partial charge in [0, 0.05) is 16.7 Å². The first-order valence-corrected chi connectivity index (χ1v) is 6.83. The molecule has 2 nitrogen and oxygen atoms in total. The third-order valence-electron chi connectivity index (χ3n) is 1.87. The highest BCUT2D eigenvalue weighted by Gasteiger charge is 2.11. The maximum absolute atomic E-state index is 11.8. The highest BCUT2D eigenvalue weighted by Crippen LogP contribution is 2.23. The highest BCUT2D eigenvalue weighted by molar-refractivity contribution is 9.11. The topological polar surface area (TPSA) is 30.0 Å². The molecule has 0 aromatic carbocycles. The molecule has 2 heterocycles. The molecule has 0 unspecified atom stereocenters. The minimum Gasteiger partial charge on any atom is -0.292 e. The number of ketones is 1. The van der Waals surface area contributed by atoms with E-state index in [2.05, 4.69) is 20.9 Å². The van der Waals surface area contributed by atoms with Crippen LogP contribution in [0.4, 0.5) is 0 Å². The lowest BCUT2D eigenvalue weighted by atomic mass is 10.2. The Labute approximate surface area is 104 Å². The number of nitrogens with zero attached hydrogens (tertiary/aromatic N) is 1. The van der Waals surface area contributed by atoms with Crippen LogP contribution < -0.4 is 0 Å². The molecule has 0 fully saturated rings. The monoisotopic (exact) mass is 301 g/mol. The van der Waals surface area contributed by atoms with E-state index in [1.807, 2.05) is 24.4 Å². The maximum atomic E-state index is 11.8. The number of hydrogen-bond acceptors (Lipinski definition) is 4. The van der Waals surface area contributed by atoms with Crippen molar-refractivity contribution < 1.29 is 4.79 Å². The lowest BCUT2D eigenvalue weighted by molar-refractivity contribution is 0.0989. The van der Waals surface area contributed by atoms with Crippen LogP contribution >= 0.6 is 38.6 Å². The lowest BCUT2D eigenvalue weighted by Gasteiger charge is -1.93. The number of halogens is 1. The summed E-state index contributed by atoms with van der Waals surface area (Å²) in [6, 6.07) is 3.92. The quantitative estimate of drug-likeness (QED) is 0.809. The second kappa shape index (κ2) is 4.55. The Balaban J connectivity index is 2.10. The summed E-state index contributed by atoms with van der Waals surface area (Å²) in [7, 11) is 0. The average molecular weight is 302 g/mol. The predicted molar refractivity (Wildman–Crippen MR) is 66.9 cm³/mol. The first-order chi connectivity index (χ1) is 7.15. The van der Waals surface area contributed by atoms with Crippen LogP contribution in [0.1, 0.15) is 20.4 Å². The van der Waals surface area contributed by atoms with Crippen LogP contribution in [-0.4, -0.2) is 10.8 Å². The van der Waals surface area contributed by atoms with Gasteiger partial charge in [-0.1, -0.05) is 0 Å². The van der Waals surface area contributed by atoms with Crippen molar-refractivity contribution in [3.8, 4) is 0 Å². The van der Waals surface area contributed by atoms with Gasteiger partial charge in [0.15, 0.2) is 5.78 Å². The summed E-state index contributed by atoms with van der Waals surface area (Å²) >= 11 is 6.48. The van der Waals surface area contributed by atoms with Gasteiger partial charge in [-0.15, -0.1) is 22.7 Å². The van der Waals surface area contributed by atoms with Crippen LogP contribution in [0.5, 0.6) is 0 Å². The predicted octanol–water partition coefficient (Wildman–Crippen LogP) is 3.70. The summed E-state index contributed by atoms with van der Waals surface area (Å²) < 4.78 is 1.06. The van der Waals surface area contributed by atoms with Crippen LogP contribution in [0, 0.1) is 6.92 Å².